The van der Waals surface area contributed by atoms with Crippen LogP contribution in [0.3, 0.4) is 0 Å². The summed E-state index contributed by atoms with van der Waals surface area (Å²) in [5.74, 6) is 0.679. The van der Waals surface area contributed by atoms with E-state index < -0.39 is 0 Å². The molecule has 2 aromatic carbocycles. The van der Waals surface area contributed by atoms with Crippen molar-refractivity contribution in [1.29, 1.82) is 0 Å². The van der Waals surface area contributed by atoms with Crippen molar-refractivity contribution < 1.29 is 4.92 Å². The van der Waals surface area contributed by atoms with E-state index >= 15 is 0 Å². The molecule has 0 spiro atoms. The molecule has 0 amide bonds. The largest absolute Gasteiger partial charge is 0.372 e. The summed E-state index contributed by atoms with van der Waals surface area (Å²) in [4.78, 5) is 22.7. The van der Waals surface area contributed by atoms with E-state index in [4.69, 9.17) is 0 Å². The van der Waals surface area contributed by atoms with Gasteiger partial charge in [-0.1, -0.05) is 12.1 Å². The van der Waals surface area contributed by atoms with Gasteiger partial charge in [-0.2, -0.15) is 0 Å². The molecule has 2 aromatic heterocycles. The first-order valence-electron chi connectivity index (χ1n) is 9.69. The zero-order valence-electron chi connectivity index (χ0n) is 16.7. The second-order valence-corrected chi connectivity index (χ2v) is 7.56. The van der Waals surface area contributed by atoms with E-state index in [1.807, 2.05) is 23.6 Å². The van der Waals surface area contributed by atoms with Crippen LogP contribution in [0.5, 0.6) is 0 Å². The first kappa shape index (κ1) is 19.8. The highest BCUT2D eigenvalue weighted by Gasteiger charge is 2.15. The Morgan fingerprint density at radius 1 is 1.10 bits per heavy atom. The zero-order chi connectivity index (χ0) is 21.1. The van der Waals surface area contributed by atoms with Crippen LogP contribution < -0.4 is 10.2 Å². The normalized spacial score (nSPS) is 10.9. The molecule has 0 aliphatic rings. The fourth-order valence-corrected chi connectivity index (χ4v) is 4.37. The highest BCUT2D eigenvalue weighted by atomic mass is 32.1. The predicted octanol–water partition coefficient (Wildman–Crippen LogP) is 5.86. The van der Waals surface area contributed by atoms with Gasteiger partial charge in [-0.05, 0) is 43.7 Å². The molecule has 0 radical (unpaired) electrons. The van der Waals surface area contributed by atoms with Gasteiger partial charge in [0.15, 0.2) is 0 Å². The molecule has 4 aromatic rings. The van der Waals surface area contributed by atoms with Crippen molar-refractivity contribution >= 4 is 44.4 Å². The fraction of sp³-hybridized carbons (Fsp3) is 0.182. The number of non-ortho nitro benzene ring substituents is 1. The summed E-state index contributed by atoms with van der Waals surface area (Å²) >= 11 is 1.49. The number of benzene rings is 2. The third-order valence-corrected chi connectivity index (χ3v) is 5.88. The Morgan fingerprint density at radius 3 is 2.57 bits per heavy atom. The Balaban J connectivity index is 1.71. The average molecular weight is 420 g/mol. The Hall–Kier alpha value is -3.52. The first-order chi connectivity index (χ1) is 14.6. The van der Waals surface area contributed by atoms with Gasteiger partial charge < -0.3 is 10.2 Å². The summed E-state index contributed by atoms with van der Waals surface area (Å²) in [5.41, 5.74) is 3.80. The molecule has 0 aliphatic heterocycles. The molecule has 152 valence electrons. The van der Waals surface area contributed by atoms with Gasteiger partial charge in [0, 0.05) is 47.5 Å². The molecular weight excluding hydrogens is 398 g/mol. The molecule has 0 saturated carbocycles. The molecule has 30 heavy (non-hydrogen) atoms. The van der Waals surface area contributed by atoms with E-state index in [1.54, 1.807) is 12.1 Å². The molecule has 0 atom stereocenters. The van der Waals surface area contributed by atoms with E-state index in [0.29, 0.717) is 5.82 Å². The third-order valence-electron chi connectivity index (χ3n) is 5.00. The number of nitrogens with zero attached hydrogens (tertiary/aromatic N) is 4. The predicted molar refractivity (Wildman–Crippen MR) is 123 cm³/mol. The Morgan fingerprint density at radius 2 is 1.87 bits per heavy atom. The Labute approximate surface area is 178 Å². The summed E-state index contributed by atoms with van der Waals surface area (Å²) in [7, 11) is 0. The topological polar surface area (TPSA) is 84.2 Å². The maximum absolute atomic E-state index is 11.2. The van der Waals surface area contributed by atoms with Crippen molar-refractivity contribution in [2.45, 2.75) is 13.8 Å². The number of hydrogen-bond donors (Lipinski definition) is 1. The summed E-state index contributed by atoms with van der Waals surface area (Å²) in [6, 6.07) is 14.9. The molecular formula is C22H21N5O2S. The minimum Gasteiger partial charge on any atom is -0.372 e. The Bertz CT molecular complexity index is 1190. The standard InChI is InChI=1S/C22H21N5O2S/c1-3-26(4-2)17-10-8-16(9-11-17)25-21-20-19(13-30-22(20)24-14-23-21)15-6-5-7-18(12-15)27(28)29/h5-14H,3-4H2,1-2H3,(H,23,24,25). The van der Waals surface area contributed by atoms with E-state index in [0.717, 1.165) is 40.1 Å². The number of nitrogens with one attached hydrogen (secondary N) is 1. The quantitative estimate of drug-likeness (QED) is 0.298. The van der Waals surface area contributed by atoms with Crippen LogP contribution in [0.4, 0.5) is 22.9 Å². The summed E-state index contributed by atoms with van der Waals surface area (Å²) in [6.45, 7) is 6.19. The van der Waals surface area contributed by atoms with Gasteiger partial charge in [0.25, 0.3) is 5.69 Å². The van der Waals surface area contributed by atoms with Gasteiger partial charge in [0.2, 0.25) is 0 Å². The second-order valence-electron chi connectivity index (χ2n) is 6.70. The second kappa shape index (κ2) is 8.46. The van der Waals surface area contributed by atoms with Gasteiger partial charge in [0.1, 0.15) is 17.0 Å². The lowest BCUT2D eigenvalue weighted by Gasteiger charge is -2.21. The van der Waals surface area contributed by atoms with Gasteiger partial charge in [-0.15, -0.1) is 11.3 Å². The van der Waals surface area contributed by atoms with Crippen molar-refractivity contribution in [1.82, 2.24) is 9.97 Å². The SMILES string of the molecule is CCN(CC)c1ccc(Nc2ncnc3scc(-c4cccc([N+](=O)[O-])c4)c23)cc1. The number of nitro groups is 1. The van der Waals surface area contributed by atoms with Crippen molar-refractivity contribution in [2.75, 3.05) is 23.3 Å². The van der Waals surface area contributed by atoms with Crippen molar-refractivity contribution in [3.05, 3.63) is 70.4 Å². The lowest BCUT2D eigenvalue weighted by molar-refractivity contribution is -0.384. The molecule has 2 heterocycles. The lowest BCUT2D eigenvalue weighted by atomic mass is 10.1. The van der Waals surface area contributed by atoms with Gasteiger partial charge in [0.05, 0.1) is 10.3 Å². The summed E-state index contributed by atoms with van der Waals surface area (Å²) in [5, 5.41) is 17.4. The van der Waals surface area contributed by atoms with Gasteiger partial charge >= 0.3 is 0 Å². The van der Waals surface area contributed by atoms with Crippen molar-refractivity contribution in [2.24, 2.45) is 0 Å². The van der Waals surface area contributed by atoms with Crippen LogP contribution in [-0.4, -0.2) is 28.0 Å². The van der Waals surface area contributed by atoms with Crippen LogP contribution in [-0.2, 0) is 0 Å². The third kappa shape index (κ3) is 3.81. The molecule has 7 nitrogen and oxygen atoms in total. The molecule has 8 heteroatoms. The van der Waals surface area contributed by atoms with Crippen molar-refractivity contribution in [3.8, 4) is 11.1 Å². The maximum atomic E-state index is 11.2. The summed E-state index contributed by atoms with van der Waals surface area (Å²) < 4.78 is 0. The number of hydrogen-bond acceptors (Lipinski definition) is 7. The van der Waals surface area contributed by atoms with Crippen molar-refractivity contribution in [3.63, 3.8) is 0 Å². The van der Waals surface area contributed by atoms with Crippen LogP contribution in [0.15, 0.2) is 60.2 Å². The van der Waals surface area contributed by atoms with Crippen LogP contribution >= 0.6 is 11.3 Å². The number of thiophene rings is 1. The first-order valence-corrected chi connectivity index (χ1v) is 10.6. The highest BCUT2D eigenvalue weighted by Crippen LogP contribution is 2.38. The number of fused-ring (bicyclic) bond motifs is 1. The number of rotatable bonds is 7. The smallest absolute Gasteiger partial charge is 0.270 e. The van der Waals surface area contributed by atoms with Crippen LogP contribution in [0.25, 0.3) is 21.3 Å². The zero-order valence-corrected chi connectivity index (χ0v) is 17.5. The van der Waals surface area contributed by atoms with Crippen LogP contribution in [0.1, 0.15) is 13.8 Å². The van der Waals surface area contributed by atoms with E-state index in [2.05, 4.69) is 46.2 Å². The monoisotopic (exact) mass is 419 g/mol. The van der Waals surface area contributed by atoms with E-state index in [9.17, 15) is 10.1 Å². The van der Waals surface area contributed by atoms with E-state index in [-0.39, 0.29) is 10.6 Å². The minimum atomic E-state index is -0.384. The average Bonchev–Trinajstić information content (AvgIpc) is 3.21. The summed E-state index contributed by atoms with van der Waals surface area (Å²) in [6.07, 6.45) is 1.53. The van der Waals surface area contributed by atoms with Gasteiger partial charge in [-0.25, -0.2) is 9.97 Å². The molecule has 0 saturated heterocycles. The molecule has 0 unspecified atom stereocenters. The van der Waals surface area contributed by atoms with Gasteiger partial charge in [-0.3, -0.25) is 10.1 Å². The number of aromatic nitrogens is 2. The fourth-order valence-electron chi connectivity index (χ4n) is 3.45. The Kier molecular flexibility index (Phi) is 5.58. The minimum absolute atomic E-state index is 0.0604. The highest BCUT2D eigenvalue weighted by molar-refractivity contribution is 7.17. The number of nitro benzene ring substituents is 1. The number of anilines is 3. The van der Waals surface area contributed by atoms with E-state index in [1.165, 1.54) is 29.4 Å². The van der Waals surface area contributed by atoms with Crippen LogP contribution in [0.2, 0.25) is 0 Å². The lowest BCUT2D eigenvalue weighted by Crippen LogP contribution is -2.21. The maximum Gasteiger partial charge on any atom is 0.270 e. The molecule has 4 rings (SSSR count). The molecule has 1 N–H and O–H groups in total. The molecule has 0 fully saturated rings. The molecule has 0 bridgehead atoms. The van der Waals surface area contributed by atoms with Crippen LogP contribution in [0, 0.1) is 10.1 Å². The molecule has 0 aliphatic carbocycles.